The van der Waals surface area contributed by atoms with Crippen LogP contribution in [0.25, 0.3) is 5.57 Å². The van der Waals surface area contributed by atoms with Crippen molar-refractivity contribution in [2.75, 3.05) is 0 Å². The van der Waals surface area contributed by atoms with Gasteiger partial charge in [-0.25, -0.2) is 9.18 Å². The Hall–Kier alpha value is -2.42. The van der Waals surface area contributed by atoms with E-state index in [4.69, 9.17) is 5.11 Å². The van der Waals surface area contributed by atoms with Gasteiger partial charge >= 0.3 is 5.97 Å². The fourth-order valence-corrected chi connectivity index (χ4v) is 2.11. The fourth-order valence-electron chi connectivity index (χ4n) is 2.11. The van der Waals surface area contributed by atoms with E-state index in [0.29, 0.717) is 24.0 Å². The van der Waals surface area contributed by atoms with Crippen molar-refractivity contribution in [2.24, 2.45) is 0 Å². The van der Waals surface area contributed by atoms with E-state index in [1.165, 1.54) is 12.1 Å². The minimum atomic E-state index is -0.979. The lowest BCUT2D eigenvalue weighted by molar-refractivity contribution is 0.0697. The van der Waals surface area contributed by atoms with Crippen molar-refractivity contribution in [3.05, 3.63) is 77.1 Å². The maximum absolute atomic E-state index is 14.2. The Morgan fingerprint density at radius 1 is 1.00 bits per heavy atom. The van der Waals surface area contributed by atoms with Crippen LogP contribution in [-0.4, -0.2) is 11.1 Å². The summed E-state index contributed by atoms with van der Waals surface area (Å²) in [5.41, 5.74) is 2.58. The van der Waals surface area contributed by atoms with Gasteiger partial charge in [0.1, 0.15) is 5.83 Å². The second kappa shape index (κ2) is 6.84. The zero-order valence-corrected chi connectivity index (χ0v) is 11.8. The van der Waals surface area contributed by atoms with Gasteiger partial charge in [0.05, 0.1) is 5.56 Å². The van der Waals surface area contributed by atoms with E-state index in [2.05, 4.69) is 0 Å². The largest absolute Gasteiger partial charge is 0.478 e. The Balaban J connectivity index is 2.09. The van der Waals surface area contributed by atoms with Crippen molar-refractivity contribution < 1.29 is 14.3 Å². The lowest BCUT2D eigenvalue weighted by Crippen LogP contribution is -1.96. The average Bonchev–Trinajstić information content (AvgIpc) is 2.53. The van der Waals surface area contributed by atoms with Gasteiger partial charge in [-0.2, -0.15) is 0 Å². The van der Waals surface area contributed by atoms with Crippen LogP contribution >= 0.6 is 0 Å². The highest BCUT2D eigenvalue weighted by molar-refractivity contribution is 5.88. The third kappa shape index (κ3) is 4.02. The lowest BCUT2D eigenvalue weighted by atomic mass is 10.0. The minimum Gasteiger partial charge on any atom is -0.478 e. The minimum absolute atomic E-state index is 0.165. The summed E-state index contributed by atoms with van der Waals surface area (Å²) in [6.07, 6.45) is 0.994. The number of rotatable bonds is 5. The number of carbonyl (C=O) groups is 1. The molecule has 0 aromatic heterocycles. The number of aryl methyl sites for hydroxylation is 1. The third-order valence-electron chi connectivity index (χ3n) is 3.45. The van der Waals surface area contributed by atoms with Gasteiger partial charge in [0, 0.05) is 6.42 Å². The van der Waals surface area contributed by atoms with E-state index in [9.17, 15) is 9.18 Å². The summed E-state index contributed by atoms with van der Waals surface area (Å²) >= 11 is 0. The van der Waals surface area contributed by atoms with Crippen LogP contribution in [0, 0.1) is 0 Å². The van der Waals surface area contributed by atoms with Crippen molar-refractivity contribution in [1.82, 2.24) is 0 Å². The summed E-state index contributed by atoms with van der Waals surface area (Å²) in [6, 6.07) is 16.0. The van der Waals surface area contributed by atoms with E-state index in [0.717, 1.165) is 5.56 Å². The maximum Gasteiger partial charge on any atom is 0.335 e. The predicted octanol–water partition coefficient (Wildman–Crippen LogP) is 4.72. The molecular weight excluding hydrogens is 267 g/mol. The molecule has 0 radical (unpaired) electrons. The molecule has 0 bridgehead atoms. The molecule has 3 heteroatoms. The topological polar surface area (TPSA) is 37.3 Å². The second-order valence-corrected chi connectivity index (χ2v) is 4.90. The highest BCUT2D eigenvalue weighted by Crippen LogP contribution is 2.23. The standard InChI is InChI=1S/C18H17FO2/c1-13(15-8-10-16(11-9-15)18(20)21)17(19)12-7-14-5-3-2-4-6-14/h2-6,8-11H,7,12H2,1H3,(H,20,21)/b17-13-. The van der Waals surface area contributed by atoms with Crippen LogP contribution in [0.15, 0.2) is 60.4 Å². The van der Waals surface area contributed by atoms with E-state index in [1.54, 1.807) is 19.1 Å². The molecule has 0 spiro atoms. The summed E-state index contributed by atoms with van der Waals surface area (Å²) in [6.45, 7) is 1.72. The number of aromatic carboxylic acids is 1. The molecule has 0 aliphatic carbocycles. The maximum atomic E-state index is 14.2. The average molecular weight is 284 g/mol. The van der Waals surface area contributed by atoms with Gasteiger partial charge in [-0.1, -0.05) is 42.5 Å². The Morgan fingerprint density at radius 3 is 2.14 bits per heavy atom. The van der Waals surface area contributed by atoms with E-state index in [-0.39, 0.29) is 11.4 Å². The number of hydrogen-bond donors (Lipinski definition) is 1. The van der Waals surface area contributed by atoms with Gasteiger partial charge in [-0.15, -0.1) is 0 Å². The third-order valence-corrected chi connectivity index (χ3v) is 3.45. The molecule has 0 saturated carbocycles. The molecular formula is C18H17FO2. The van der Waals surface area contributed by atoms with Gasteiger partial charge in [-0.3, -0.25) is 0 Å². The van der Waals surface area contributed by atoms with Crippen LogP contribution in [0.2, 0.25) is 0 Å². The Morgan fingerprint density at radius 2 is 1.57 bits per heavy atom. The Bertz CT molecular complexity index is 643. The number of carboxylic acid groups (broad SMARTS) is 1. The molecule has 0 atom stereocenters. The van der Waals surface area contributed by atoms with E-state index < -0.39 is 5.97 Å². The first-order valence-electron chi connectivity index (χ1n) is 6.81. The smallest absolute Gasteiger partial charge is 0.335 e. The summed E-state index contributed by atoms with van der Waals surface area (Å²) in [4.78, 5) is 10.8. The number of carboxylic acids is 1. The van der Waals surface area contributed by atoms with Gasteiger partial charge in [-0.05, 0) is 42.2 Å². The summed E-state index contributed by atoms with van der Waals surface area (Å²) in [7, 11) is 0. The molecule has 2 nitrogen and oxygen atoms in total. The molecule has 0 fully saturated rings. The highest BCUT2D eigenvalue weighted by atomic mass is 19.1. The number of hydrogen-bond acceptors (Lipinski definition) is 1. The van der Waals surface area contributed by atoms with Gasteiger partial charge in [0.2, 0.25) is 0 Å². The molecule has 108 valence electrons. The summed E-state index contributed by atoms with van der Waals surface area (Å²) in [5.74, 6) is -1.14. The second-order valence-electron chi connectivity index (χ2n) is 4.90. The summed E-state index contributed by atoms with van der Waals surface area (Å²) in [5, 5.41) is 8.85. The summed E-state index contributed by atoms with van der Waals surface area (Å²) < 4.78 is 14.2. The normalized spacial score (nSPS) is 11.9. The van der Waals surface area contributed by atoms with Crippen LogP contribution in [0.5, 0.6) is 0 Å². The molecule has 0 heterocycles. The first kappa shape index (κ1) is 15.0. The van der Waals surface area contributed by atoms with Crippen LogP contribution < -0.4 is 0 Å². The number of benzene rings is 2. The molecule has 0 unspecified atom stereocenters. The fraction of sp³-hybridized carbons (Fsp3) is 0.167. The molecule has 0 aliphatic heterocycles. The first-order chi connectivity index (χ1) is 10.1. The Kier molecular flexibility index (Phi) is 4.88. The molecule has 0 aliphatic rings. The van der Waals surface area contributed by atoms with Gasteiger partial charge in [0.15, 0.2) is 0 Å². The zero-order chi connectivity index (χ0) is 15.2. The molecule has 0 saturated heterocycles. The molecule has 2 aromatic rings. The zero-order valence-electron chi connectivity index (χ0n) is 11.8. The van der Waals surface area contributed by atoms with Crippen LogP contribution in [0.4, 0.5) is 4.39 Å². The van der Waals surface area contributed by atoms with Crippen molar-refractivity contribution >= 4 is 11.5 Å². The van der Waals surface area contributed by atoms with Crippen molar-refractivity contribution in [3.63, 3.8) is 0 Å². The number of allylic oxidation sites excluding steroid dienone is 2. The first-order valence-corrected chi connectivity index (χ1v) is 6.81. The lowest BCUT2D eigenvalue weighted by Gasteiger charge is -2.06. The van der Waals surface area contributed by atoms with Crippen LogP contribution in [0.3, 0.4) is 0 Å². The van der Waals surface area contributed by atoms with E-state index in [1.807, 2.05) is 30.3 Å². The predicted molar refractivity (Wildman–Crippen MR) is 81.9 cm³/mol. The quantitative estimate of drug-likeness (QED) is 0.862. The van der Waals surface area contributed by atoms with Gasteiger partial charge in [0.25, 0.3) is 0 Å². The van der Waals surface area contributed by atoms with Crippen molar-refractivity contribution in [3.8, 4) is 0 Å². The van der Waals surface area contributed by atoms with Crippen LogP contribution in [0.1, 0.15) is 34.8 Å². The molecule has 1 N–H and O–H groups in total. The van der Waals surface area contributed by atoms with Crippen molar-refractivity contribution in [2.45, 2.75) is 19.8 Å². The molecule has 0 amide bonds. The van der Waals surface area contributed by atoms with Gasteiger partial charge < -0.3 is 5.11 Å². The molecule has 21 heavy (non-hydrogen) atoms. The Labute approximate surface area is 123 Å². The SMILES string of the molecule is C/C(=C(/F)CCc1ccccc1)c1ccc(C(=O)O)cc1. The van der Waals surface area contributed by atoms with E-state index >= 15 is 0 Å². The van der Waals surface area contributed by atoms with Crippen LogP contribution in [-0.2, 0) is 6.42 Å². The highest BCUT2D eigenvalue weighted by Gasteiger charge is 2.07. The van der Waals surface area contributed by atoms with Crippen molar-refractivity contribution in [1.29, 1.82) is 0 Å². The molecule has 2 aromatic carbocycles. The monoisotopic (exact) mass is 284 g/mol. The number of halogens is 1. The molecule has 2 rings (SSSR count).